The van der Waals surface area contributed by atoms with Crippen molar-refractivity contribution in [3.05, 3.63) is 313 Å². The van der Waals surface area contributed by atoms with Crippen molar-refractivity contribution in [2.75, 3.05) is 9.80 Å². The Bertz CT molecular complexity index is 5220. The maximum atomic E-state index is 2.46. The number of aromatic nitrogens is 4. The van der Waals surface area contributed by atoms with Gasteiger partial charge in [0.1, 0.15) is 0 Å². The van der Waals surface area contributed by atoms with Gasteiger partial charge in [-0.05, 0) is 198 Å². The zero-order chi connectivity index (χ0) is 58.7. The normalized spacial score (nSPS) is 11.9. The number of benzene rings is 13. The molecule has 4 aromatic heterocycles. The van der Waals surface area contributed by atoms with Crippen LogP contribution in [-0.4, -0.2) is 18.3 Å². The van der Waals surface area contributed by atoms with Crippen LogP contribution in [0.3, 0.4) is 0 Å². The quantitative estimate of drug-likeness (QED) is 0.136. The lowest BCUT2D eigenvalue weighted by atomic mass is 10.1. The van der Waals surface area contributed by atoms with Crippen LogP contribution in [0.4, 0.5) is 34.1 Å². The van der Waals surface area contributed by atoms with E-state index in [0.717, 1.165) is 78.9 Å². The van der Waals surface area contributed by atoms with E-state index in [1.807, 2.05) is 0 Å². The first kappa shape index (κ1) is 51.1. The average Bonchev–Trinajstić information content (AvgIpc) is 1.84. The Kier molecular flexibility index (Phi) is 11.7. The van der Waals surface area contributed by atoms with Crippen LogP contribution in [0.1, 0.15) is 22.3 Å². The van der Waals surface area contributed by atoms with Gasteiger partial charge in [0.15, 0.2) is 0 Å². The molecule has 0 saturated carbocycles. The Morgan fingerprint density at radius 3 is 0.761 bits per heavy atom. The predicted octanol–water partition coefficient (Wildman–Crippen LogP) is 22.2. The highest BCUT2D eigenvalue weighted by Gasteiger charge is 2.25. The lowest BCUT2D eigenvalue weighted by molar-refractivity contribution is 1.17. The summed E-state index contributed by atoms with van der Waals surface area (Å²) in [6, 6.07) is 108. The summed E-state index contributed by atoms with van der Waals surface area (Å²) >= 11 is 0. The molecule has 17 rings (SSSR count). The fourth-order valence-corrected chi connectivity index (χ4v) is 13.9. The summed E-state index contributed by atoms with van der Waals surface area (Å²) in [6.45, 7) is 8.62. The third kappa shape index (κ3) is 8.17. The molecule has 0 fully saturated rings. The summed E-state index contributed by atoms with van der Waals surface area (Å²) in [5.74, 6) is 0. The number of nitrogens with zero attached hydrogens (tertiary/aromatic N) is 6. The van der Waals surface area contributed by atoms with Crippen LogP contribution >= 0.6 is 0 Å². The minimum absolute atomic E-state index is 1.08. The number of para-hydroxylation sites is 4. The molecule has 0 atom stereocenters. The number of hydrogen-bond acceptors (Lipinski definition) is 2. The molecule has 6 heteroatoms. The number of fused-ring (bicyclic) bond motifs is 12. The Morgan fingerprint density at radius 2 is 0.420 bits per heavy atom. The van der Waals surface area contributed by atoms with Gasteiger partial charge in [0.2, 0.25) is 0 Å². The molecule has 0 aliphatic carbocycles. The molecule has 0 bridgehead atoms. The first-order valence-electron chi connectivity index (χ1n) is 30.4. The molecule has 0 aliphatic heterocycles. The van der Waals surface area contributed by atoms with Gasteiger partial charge in [-0.1, -0.05) is 144 Å². The van der Waals surface area contributed by atoms with Crippen molar-refractivity contribution in [1.29, 1.82) is 0 Å². The summed E-state index contributed by atoms with van der Waals surface area (Å²) in [4.78, 5) is 4.87. The Balaban J connectivity index is 0.887. The Hall–Kier alpha value is -11.3. The molecule has 0 unspecified atom stereocenters. The molecule has 0 saturated heterocycles. The van der Waals surface area contributed by atoms with E-state index in [-0.39, 0.29) is 0 Å². The standard InChI is InChI=1S/C82H60N6/c1-53-23-31-59(32-24-53)83(63-39-43-77-69(47-63)67-19-11-13-21-75(67)85(77)61-35-27-55(3)28-36-61)65-41-45-79-71(49-65)73-51-82-74(52-81(73)87(79)57-15-7-5-8-16-57)72-50-66(42-46-80(72)88(82)58-17-9-6-10-18-58)84(60-33-25-54(2)26-34-60)64-40-44-78-70(48-64)68-20-12-14-22-76(68)86(78)62-37-29-56(4)30-38-62/h5-52H,1-4H3. The van der Waals surface area contributed by atoms with Crippen LogP contribution in [0.5, 0.6) is 0 Å². The van der Waals surface area contributed by atoms with Gasteiger partial charge in [-0.15, -0.1) is 0 Å². The minimum atomic E-state index is 1.08. The highest BCUT2D eigenvalue weighted by molar-refractivity contribution is 6.20. The van der Waals surface area contributed by atoms with Gasteiger partial charge < -0.3 is 28.1 Å². The monoisotopic (exact) mass is 1130 g/mol. The van der Waals surface area contributed by atoms with E-state index in [9.17, 15) is 0 Å². The van der Waals surface area contributed by atoms with Gasteiger partial charge in [-0.2, -0.15) is 0 Å². The third-order valence-corrected chi connectivity index (χ3v) is 18.2. The summed E-state index contributed by atoms with van der Waals surface area (Å²) in [6.07, 6.45) is 0. The third-order valence-electron chi connectivity index (χ3n) is 18.2. The van der Waals surface area contributed by atoms with E-state index in [4.69, 9.17) is 0 Å². The van der Waals surface area contributed by atoms with Gasteiger partial charge in [-0.25, -0.2) is 0 Å². The second-order valence-corrected chi connectivity index (χ2v) is 23.8. The molecular formula is C82H60N6. The molecule has 4 heterocycles. The van der Waals surface area contributed by atoms with Crippen LogP contribution in [-0.2, 0) is 0 Å². The van der Waals surface area contributed by atoms with Crippen molar-refractivity contribution >= 4 is 121 Å². The van der Waals surface area contributed by atoms with Crippen molar-refractivity contribution in [3.8, 4) is 22.7 Å². The highest BCUT2D eigenvalue weighted by Crippen LogP contribution is 2.47. The summed E-state index contributed by atoms with van der Waals surface area (Å²) < 4.78 is 9.73. The fraction of sp³-hybridized carbons (Fsp3) is 0.0488. The van der Waals surface area contributed by atoms with E-state index in [2.05, 4.69) is 347 Å². The Labute approximate surface area is 510 Å². The largest absolute Gasteiger partial charge is 0.310 e. The minimum Gasteiger partial charge on any atom is -0.310 e. The smallest absolute Gasteiger partial charge is 0.0548 e. The number of rotatable bonds is 10. The molecule has 6 nitrogen and oxygen atoms in total. The second kappa shape index (κ2) is 20.2. The second-order valence-electron chi connectivity index (χ2n) is 23.8. The lowest BCUT2D eigenvalue weighted by Crippen LogP contribution is -2.10. The molecule has 13 aromatic carbocycles. The fourth-order valence-electron chi connectivity index (χ4n) is 13.9. The molecule has 17 aromatic rings. The Morgan fingerprint density at radius 1 is 0.182 bits per heavy atom. The van der Waals surface area contributed by atoms with E-state index in [1.54, 1.807) is 0 Å². The van der Waals surface area contributed by atoms with Crippen molar-refractivity contribution in [1.82, 2.24) is 18.3 Å². The number of anilines is 6. The number of aryl methyl sites for hydroxylation is 4. The van der Waals surface area contributed by atoms with E-state index >= 15 is 0 Å². The van der Waals surface area contributed by atoms with E-state index in [1.165, 1.54) is 87.4 Å². The van der Waals surface area contributed by atoms with Gasteiger partial charge in [0.25, 0.3) is 0 Å². The van der Waals surface area contributed by atoms with Crippen LogP contribution < -0.4 is 9.80 Å². The van der Waals surface area contributed by atoms with E-state index in [0.29, 0.717) is 0 Å². The van der Waals surface area contributed by atoms with Crippen LogP contribution in [0.25, 0.3) is 110 Å². The van der Waals surface area contributed by atoms with E-state index < -0.39 is 0 Å². The summed E-state index contributed by atoms with van der Waals surface area (Å²) in [5, 5.41) is 9.54. The van der Waals surface area contributed by atoms with Crippen LogP contribution in [0.15, 0.2) is 291 Å². The summed E-state index contributed by atoms with van der Waals surface area (Å²) in [7, 11) is 0. The summed E-state index contributed by atoms with van der Waals surface area (Å²) in [5.41, 5.74) is 25.2. The van der Waals surface area contributed by atoms with Crippen molar-refractivity contribution < 1.29 is 0 Å². The average molecular weight is 1130 g/mol. The molecule has 0 radical (unpaired) electrons. The zero-order valence-corrected chi connectivity index (χ0v) is 49.4. The van der Waals surface area contributed by atoms with Gasteiger partial charge in [0.05, 0.1) is 44.1 Å². The maximum absolute atomic E-state index is 2.46. The molecule has 0 spiro atoms. The molecule has 88 heavy (non-hydrogen) atoms. The van der Waals surface area contributed by atoms with Crippen molar-refractivity contribution in [2.45, 2.75) is 27.7 Å². The van der Waals surface area contributed by atoms with Gasteiger partial charge >= 0.3 is 0 Å². The first-order valence-corrected chi connectivity index (χ1v) is 30.4. The maximum Gasteiger partial charge on any atom is 0.0548 e. The SMILES string of the molecule is Cc1ccc(N(c2ccc3c(c2)c2ccccc2n3-c2ccc(C)cc2)c2ccc3c(c2)c2cc4c(cc2n3-c2ccccc2)c2cc(N(c3ccc(C)cc3)c3ccc5c(c3)c3ccccc3n5-c3ccc(C)cc3)ccc2n4-c2ccccc2)cc1. The lowest BCUT2D eigenvalue weighted by Gasteiger charge is -2.26. The van der Waals surface area contributed by atoms with Gasteiger partial charge in [-0.3, -0.25) is 0 Å². The molecular weight excluding hydrogens is 1070 g/mol. The molecule has 0 amide bonds. The molecule has 0 aliphatic rings. The van der Waals surface area contributed by atoms with Crippen LogP contribution in [0.2, 0.25) is 0 Å². The predicted molar refractivity (Wildman–Crippen MR) is 372 cm³/mol. The van der Waals surface area contributed by atoms with Gasteiger partial charge in [0, 0.05) is 100.0 Å². The van der Waals surface area contributed by atoms with Crippen LogP contribution in [0, 0.1) is 27.7 Å². The molecule has 0 N–H and O–H groups in total. The number of hydrogen-bond donors (Lipinski definition) is 0. The topological polar surface area (TPSA) is 26.2 Å². The van der Waals surface area contributed by atoms with Crippen molar-refractivity contribution in [3.63, 3.8) is 0 Å². The van der Waals surface area contributed by atoms with Crippen molar-refractivity contribution in [2.24, 2.45) is 0 Å². The first-order chi connectivity index (χ1) is 43.3. The molecule has 418 valence electrons. The highest BCUT2D eigenvalue weighted by atomic mass is 15.2. The zero-order valence-electron chi connectivity index (χ0n) is 49.4.